The van der Waals surface area contributed by atoms with E-state index in [-0.39, 0.29) is 11.6 Å². The fraction of sp³-hybridized carbons (Fsp3) is 0.619. The van der Waals surface area contributed by atoms with E-state index >= 15 is 0 Å². The lowest BCUT2D eigenvalue weighted by Gasteiger charge is -2.35. The lowest BCUT2D eigenvalue weighted by atomic mass is 10.0. The van der Waals surface area contributed by atoms with Crippen molar-refractivity contribution in [2.75, 3.05) is 49.2 Å². The van der Waals surface area contributed by atoms with Gasteiger partial charge in [-0.15, -0.1) is 0 Å². The molecule has 3 rings (SSSR count). The predicted octanol–water partition coefficient (Wildman–Crippen LogP) is 2.71. The summed E-state index contributed by atoms with van der Waals surface area (Å²) in [4.78, 5) is 28.0. The molecule has 2 saturated heterocycles. The minimum absolute atomic E-state index is 0.0578. The van der Waals surface area contributed by atoms with Crippen LogP contribution in [-0.2, 0) is 9.47 Å². The number of rotatable bonds is 4. The van der Waals surface area contributed by atoms with Crippen molar-refractivity contribution in [2.45, 2.75) is 45.3 Å². The lowest BCUT2D eigenvalue weighted by molar-refractivity contribution is 0.0496. The number of morpholine rings is 1. The maximum atomic E-state index is 12.0. The minimum atomic E-state index is -0.928. The van der Waals surface area contributed by atoms with Gasteiger partial charge in [-0.3, -0.25) is 0 Å². The molecule has 0 bridgehead atoms. The summed E-state index contributed by atoms with van der Waals surface area (Å²) < 4.78 is 10.7. The van der Waals surface area contributed by atoms with Gasteiger partial charge < -0.3 is 29.7 Å². The number of benzene rings is 1. The topological polar surface area (TPSA) is 91.3 Å². The molecule has 160 valence electrons. The number of ether oxygens (including phenoxy) is 2. The van der Waals surface area contributed by atoms with Gasteiger partial charge >= 0.3 is 12.1 Å². The number of hydrogen-bond donors (Lipinski definition) is 2. The molecule has 8 nitrogen and oxygen atoms in total. The molecular weight excluding hydrogens is 374 g/mol. The van der Waals surface area contributed by atoms with Gasteiger partial charge in [-0.2, -0.15) is 0 Å². The molecule has 2 aliphatic rings. The SMILES string of the molecule is CC(C)(C)OC(=O)NC1CCN(c2cc(C(=O)O)cc(N3CCOCC3)c2)CC1. The van der Waals surface area contributed by atoms with Gasteiger partial charge in [0.15, 0.2) is 0 Å². The van der Waals surface area contributed by atoms with E-state index in [1.165, 1.54) is 0 Å². The van der Waals surface area contributed by atoms with Gasteiger partial charge in [0.2, 0.25) is 0 Å². The number of carboxylic acids is 1. The van der Waals surface area contributed by atoms with E-state index < -0.39 is 17.7 Å². The Morgan fingerprint density at radius 3 is 2.10 bits per heavy atom. The number of nitrogens with zero attached hydrogens (tertiary/aromatic N) is 2. The fourth-order valence-electron chi connectivity index (χ4n) is 3.66. The Labute approximate surface area is 171 Å². The molecular formula is C21H31N3O5. The van der Waals surface area contributed by atoms with Gasteiger partial charge in [0.25, 0.3) is 0 Å². The average molecular weight is 405 g/mol. The highest BCUT2D eigenvalue weighted by Crippen LogP contribution is 2.28. The Kier molecular flexibility index (Phi) is 6.52. The van der Waals surface area contributed by atoms with Crippen molar-refractivity contribution in [3.63, 3.8) is 0 Å². The first-order chi connectivity index (χ1) is 13.7. The molecule has 2 fully saturated rings. The highest BCUT2D eigenvalue weighted by Gasteiger charge is 2.25. The van der Waals surface area contributed by atoms with E-state index in [1.807, 2.05) is 20.8 Å². The normalized spacial score (nSPS) is 18.4. The number of hydrogen-bond acceptors (Lipinski definition) is 6. The Morgan fingerprint density at radius 2 is 1.59 bits per heavy atom. The minimum Gasteiger partial charge on any atom is -0.478 e. The first-order valence-electron chi connectivity index (χ1n) is 10.2. The van der Waals surface area contributed by atoms with Gasteiger partial charge in [-0.25, -0.2) is 9.59 Å². The summed E-state index contributed by atoms with van der Waals surface area (Å²) in [6, 6.07) is 5.57. The molecule has 0 unspecified atom stereocenters. The summed E-state index contributed by atoms with van der Waals surface area (Å²) in [5.41, 5.74) is 1.59. The van der Waals surface area contributed by atoms with E-state index in [4.69, 9.17) is 9.47 Å². The van der Waals surface area contributed by atoms with Crippen molar-refractivity contribution in [3.05, 3.63) is 23.8 Å². The van der Waals surface area contributed by atoms with Crippen molar-refractivity contribution < 1.29 is 24.2 Å². The first kappa shape index (κ1) is 21.2. The van der Waals surface area contributed by atoms with Crippen LogP contribution >= 0.6 is 0 Å². The van der Waals surface area contributed by atoms with Crippen LogP contribution in [0.4, 0.5) is 16.2 Å². The summed E-state index contributed by atoms with van der Waals surface area (Å²) in [7, 11) is 0. The zero-order valence-electron chi connectivity index (χ0n) is 17.4. The third kappa shape index (κ3) is 6.00. The maximum absolute atomic E-state index is 12.0. The van der Waals surface area contributed by atoms with Crippen LogP contribution in [0.2, 0.25) is 0 Å². The molecule has 0 radical (unpaired) electrons. The number of nitrogens with one attached hydrogen (secondary N) is 1. The first-order valence-corrected chi connectivity index (χ1v) is 10.2. The van der Waals surface area contributed by atoms with E-state index in [9.17, 15) is 14.7 Å². The Morgan fingerprint density at radius 1 is 1.03 bits per heavy atom. The molecule has 2 aliphatic heterocycles. The third-order valence-electron chi connectivity index (χ3n) is 5.11. The summed E-state index contributed by atoms with van der Waals surface area (Å²) in [5, 5.41) is 12.5. The highest BCUT2D eigenvalue weighted by molar-refractivity contribution is 5.90. The Bertz CT molecular complexity index is 732. The van der Waals surface area contributed by atoms with Crippen LogP contribution in [0.1, 0.15) is 44.0 Å². The standard InChI is InChI=1S/C21H31N3O5/c1-21(2,3)29-20(27)22-16-4-6-23(7-5-16)17-12-15(19(25)26)13-18(14-17)24-8-10-28-11-9-24/h12-14,16H,4-11H2,1-3H3,(H,22,27)(H,25,26). The molecule has 0 atom stereocenters. The predicted molar refractivity (Wildman–Crippen MR) is 111 cm³/mol. The van der Waals surface area contributed by atoms with Crippen LogP contribution in [0.5, 0.6) is 0 Å². The summed E-state index contributed by atoms with van der Waals surface area (Å²) in [6.45, 7) is 9.82. The van der Waals surface area contributed by atoms with Crippen molar-refractivity contribution in [1.82, 2.24) is 5.32 Å². The van der Waals surface area contributed by atoms with Crippen LogP contribution in [0.25, 0.3) is 0 Å². The maximum Gasteiger partial charge on any atom is 0.407 e. The van der Waals surface area contributed by atoms with Gasteiger partial charge in [0, 0.05) is 43.6 Å². The number of aromatic carboxylic acids is 1. The smallest absolute Gasteiger partial charge is 0.407 e. The van der Waals surface area contributed by atoms with Crippen molar-refractivity contribution >= 4 is 23.4 Å². The number of carbonyl (C=O) groups is 2. The molecule has 0 saturated carbocycles. The Balaban J connectivity index is 1.65. The van der Waals surface area contributed by atoms with E-state index in [0.717, 1.165) is 50.4 Å². The summed E-state index contributed by atoms with van der Waals surface area (Å²) in [6.07, 6.45) is 1.17. The quantitative estimate of drug-likeness (QED) is 0.796. The van der Waals surface area contributed by atoms with Gasteiger partial charge in [-0.05, 0) is 51.8 Å². The largest absolute Gasteiger partial charge is 0.478 e. The average Bonchev–Trinajstić information content (AvgIpc) is 2.67. The molecule has 29 heavy (non-hydrogen) atoms. The summed E-state index contributed by atoms with van der Waals surface area (Å²) >= 11 is 0. The van der Waals surface area contributed by atoms with Crippen molar-refractivity contribution in [1.29, 1.82) is 0 Å². The van der Waals surface area contributed by atoms with Crippen LogP contribution in [0.15, 0.2) is 18.2 Å². The van der Waals surface area contributed by atoms with Crippen molar-refractivity contribution in [2.24, 2.45) is 0 Å². The zero-order chi connectivity index (χ0) is 21.0. The molecule has 0 aliphatic carbocycles. The monoisotopic (exact) mass is 405 g/mol. The van der Waals surface area contributed by atoms with Gasteiger partial charge in [0.1, 0.15) is 5.60 Å². The molecule has 2 heterocycles. The van der Waals surface area contributed by atoms with Crippen LogP contribution in [-0.4, -0.2) is 68.2 Å². The number of carboxylic acid groups (broad SMARTS) is 1. The van der Waals surface area contributed by atoms with Crippen LogP contribution < -0.4 is 15.1 Å². The van der Waals surface area contributed by atoms with E-state index in [0.29, 0.717) is 13.2 Å². The Hall–Kier alpha value is -2.48. The third-order valence-corrected chi connectivity index (χ3v) is 5.11. The van der Waals surface area contributed by atoms with Gasteiger partial charge in [0.05, 0.1) is 18.8 Å². The second kappa shape index (κ2) is 8.90. The number of anilines is 2. The molecule has 1 amide bonds. The second-order valence-electron chi connectivity index (χ2n) is 8.55. The number of carbonyl (C=O) groups excluding carboxylic acids is 1. The number of amides is 1. The van der Waals surface area contributed by atoms with Crippen LogP contribution in [0, 0.1) is 0 Å². The van der Waals surface area contributed by atoms with E-state index in [2.05, 4.69) is 21.2 Å². The summed E-state index contributed by atoms with van der Waals surface area (Å²) in [5.74, 6) is -0.928. The molecule has 1 aromatic carbocycles. The van der Waals surface area contributed by atoms with Gasteiger partial charge in [-0.1, -0.05) is 0 Å². The van der Waals surface area contributed by atoms with Crippen LogP contribution in [0.3, 0.4) is 0 Å². The zero-order valence-corrected chi connectivity index (χ0v) is 17.4. The van der Waals surface area contributed by atoms with E-state index in [1.54, 1.807) is 12.1 Å². The van der Waals surface area contributed by atoms with Crippen molar-refractivity contribution in [3.8, 4) is 0 Å². The molecule has 2 N–H and O–H groups in total. The molecule has 1 aromatic rings. The fourth-order valence-corrected chi connectivity index (χ4v) is 3.66. The molecule has 0 aromatic heterocycles. The second-order valence-corrected chi connectivity index (χ2v) is 8.55. The molecule has 8 heteroatoms. The lowest BCUT2D eigenvalue weighted by Crippen LogP contribution is -2.46. The highest BCUT2D eigenvalue weighted by atomic mass is 16.6. The number of piperidine rings is 1. The molecule has 0 spiro atoms. The number of alkyl carbamates (subject to hydrolysis) is 1.